The summed E-state index contributed by atoms with van der Waals surface area (Å²) in [6, 6.07) is 5.08. The molecule has 0 amide bonds. The molecule has 0 N–H and O–H groups in total. The van der Waals surface area contributed by atoms with Gasteiger partial charge in [-0.05, 0) is 45.2 Å². The fourth-order valence-electron chi connectivity index (χ4n) is 2.30. The first-order valence-electron chi connectivity index (χ1n) is 8.80. The molecule has 1 aromatic rings. The Balaban J connectivity index is 2.57. The number of hydrogen-bond acceptors (Lipinski definition) is 7. The topological polar surface area (TPSA) is 105 Å². The number of non-ortho nitro benzene ring substituents is 1. The molecule has 2 radical (unpaired) electrons. The molecule has 0 saturated heterocycles. The molecule has 0 spiro atoms. The maximum atomic E-state index is 12.0. The van der Waals surface area contributed by atoms with Crippen molar-refractivity contribution in [2.24, 2.45) is 0 Å². The van der Waals surface area contributed by atoms with Crippen LogP contribution < -0.4 is 4.74 Å². The van der Waals surface area contributed by atoms with Crippen LogP contribution in [0.25, 0.3) is 0 Å². The molecule has 27 heavy (non-hydrogen) atoms. The summed E-state index contributed by atoms with van der Waals surface area (Å²) in [4.78, 5) is 33.7. The van der Waals surface area contributed by atoms with Crippen molar-refractivity contribution in [1.82, 2.24) is 0 Å². The molecule has 0 aliphatic carbocycles. The fourth-order valence-corrected chi connectivity index (χ4v) is 2.30. The second kappa shape index (κ2) is 11.9. The minimum Gasteiger partial charge on any atom is -0.462 e. The molecule has 1 rings (SSSR count). The lowest BCUT2D eigenvalue weighted by molar-refractivity contribution is -0.384. The van der Waals surface area contributed by atoms with Crippen molar-refractivity contribution in [2.45, 2.75) is 57.7 Å². The Morgan fingerprint density at radius 2 is 1.78 bits per heavy atom. The maximum Gasteiger partial charge on any atom is 0.514 e. The van der Waals surface area contributed by atoms with E-state index in [-0.39, 0.29) is 17.9 Å². The summed E-state index contributed by atoms with van der Waals surface area (Å²) in [6.07, 6.45) is 1.67. The molecule has 0 heterocycles. The average Bonchev–Trinajstić information content (AvgIpc) is 2.59. The summed E-state index contributed by atoms with van der Waals surface area (Å²) in [5.74, 6) is -0.327. The van der Waals surface area contributed by atoms with E-state index in [2.05, 4.69) is 20.8 Å². The molecule has 0 aliphatic rings. The minimum absolute atomic E-state index is 0.0726. The summed E-state index contributed by atoms with van der Waals surface area (Å²) in [5.41, 5.74) is -0.110. The fraction of sp³-hybridized carbons (Fsp3) is 0.474. The van der Waals surface area contributed by atoms with E-state index < -0.39 is 29.3 Å². The zero-order valence-corrected chi connectivity index (χ0v) is 15.4. The monoisotopic (exact) mass is 379 g/mol. The first-order valence-corrected chi connectivity index (χ1v) is 8.80. The van der Waals surface area contributed by atoms with E-state index in [0.29, 0.717) is 12.8 Å². The van der Waals surface area contributed by atoms with Crippen LogP contribution in [0.3, 0.4) is 0 Å². The highest BCUT2D eigenvalue weighted by molar-refractivity contribution is 5.70. The van der Waals surface area contributed by atoms with Gasteiger partial charge < -0.3 is 14.2 Å². The van der Waals surface area contributed by atoms with Crippen LogP contribution in [0, 0.1) is 24.0 Å². The van der Waals surface area contributed by atoms with Gasteiger partial charge in [-0.2, -0.15) is 0 Å². The number of carbonyl (C=O) groups excluding carboxylic acids is 2. The highest BCUT2D eigenvalue weighted by atomic mass is 16.7. The van der Waals surface area contributed by atoms with Crippen LogP contribution in [0.5, 0.6) is 5.75 Å². The van der Waals surface area contributed by atoms with Crippen molar-refractivity contribution >= 4 is 17.8 Å². The van der Waals surface area contributed by atoms with Crippen molar-refractivity contribution in [2.75, 3.05) is 0 Å². The van der Waals surface area contributed by atoms with Crippen LogP contribution in [0.15, 0.2) is 24.3 Å². The molecule has 1 aromatic carbocycles. The van der Waals surface area contributed by atoms with Crippen molar-refractivity contribution in [1.29, 1.82) is 0 Å². The SMILES string of the molecule is [CH2]C([CH2])OC(=O)CCC(CCCCC)OC(=O)Oc1ccc([N+](=O)[O-])cc1. The van der Waals surface area contributed by atoms with E-state index >= 15 is 0 Å². The Kier molecular flexibility index (Phi) is 9.85. The summed E-state index contributed by atoms with van der Waals surface area (Å²) in [6.45, 7) is 9.01. The van der Waals surface area contributed by atoms with Crippen LogP contribution in [-0.2, 0) is 14.3 Å². The van der Waals surface area contributed by atoms with Gasteiger partial charge in [-0.1, -0.05) is 19.8 Å². The predicted molar refractivity (Wildman–Crippen MR) is 98.0 cm³/mol. The highest BCUT2D eigenvalue weighted by Crippen LogP contribution is 2.19. The van der Waals surface area contributed by atoms with Crippen molar-refractivity contribution in [3.05, 3.63) is 48.2 Å². The van der Waals surface area contributed by atoms with Crippen molar-refractivity contribution in [3.63, 3.8) is 0 Å². The van der Waals surface area contributed by atoms with Crippen LogP contribution in [0.4, 0.5) is 10.5 Å². The van der Waals surface area contributed by atoms with Crippen LogP contribution in [0.1, 0.15) is 45.4 Å². The molecule has 0 saturated carbocycles. The molecule has 0 aromatic heterocycles. The van der Waals surface area contributed by atoms with Crippen LogP contribution in [0.2, 0.25) is 0 Å². The smallest absolute Gasteiger partial charge is 0.462 e. The zero-order chi connectivity index (χ0) is 20.2. The largest absolute Gasteiger partial charge is 0.514 e. The van der Waals surface area contributed by atoms with Gasteiger partial charge in [0.2, 0.25) is 0 Å². The lowest BCUT2D eigenvalue weighted by Gasteiger charge is -2.17. The molecule has 0 bridgehead atoms. The maximum absolute atomic E-state index is 12.0. The first kappa shape index (κ1) is 22.4. The molecule has 148 valence electrons. The third-order valence-corrected chi connectivity index (χ3v) is 3.61. The number of hydrogen-bond donors (Lipinski definition) is 0. The van der Waals surface area contributed by atoms with Gasteiger partial charge in [-0.3, -0.25) is 14.9 Å². The number of esters is 1. The van der Waals surface area contributed by atoms with Crippen molar-refractivity contribution < 1.29 is 28.7 Å². The minimum atomic E-state index is -0.925. The summed E-state index contributed by atoms with van der Waals surface area (Å²) < 4.78 is 15.2. The molecule has 1 unspecified atom stereocenters. The number of nitro benzene ring substituents is 1. The zero-order valence-electron chi connectivity index (χ0n) is 15.4. The molecule has 0 fully saturated rings. The second-order valence-electron chi connectivity index (χ2n) is 5.99. The summed E-state index contributed by atoms with van der Waals surface area (Å²) >= 11 is 0. The molecule has 1 atom stereocenters. The van der Waals surface area contributed by atoms with Gasteiger partial charge >= 0.3 is 12.1 Å². The van der Waals surface area contributed by atoms with E-state index in [0.717, 1.165) is 19.3 Å². The average molecular weight is 379 g/mol. The van der Waals surface area contributed by atoms with Gasteiger partial charge in [-0.25, -0.2) is 4.79 Å². The number of ether oxygens (including phenoxy) is 3. The number of rotatable bonds is 11. The molecular formula is C19H25NO7. The van der Waals surface area contributed by atoms with E-state index in [4.69, 9.17) is 14.2 Å². The number of carbonyl (C=O) groups is 2. The second-order valence-corrected chi connectivity index (χ2v) is 5.99. The number of nitro groups is 1. The lowest BCUT2D eigenvalue weighted by Crippen LogP contribution is -2.23. The molecule has 0 aliphatic heterocycles. The molecular weight excluding hydrogens is 354 g/mol. The van der Waals surface area contributed by atoms with Gasteiger partial charge in [0, 0.05) is 18.6 Å². The third-order valence-electron chi connectivity index (χ3n) is 3.61. The van der Waals surface area contributed by atoms with E-state index in [9.17, 15) is 19.7 Å². The van der Waals surface area contributed by atoms with Gasteiger partial charge in [0.1, 0.15) is 18.0 Å². The molecule has 8 heteroatoms. The lowest BCUT2D eigenvalue weighted by atomic mass is 10.1. The van der Waals surface area contributed by atoms with E-state index in [1.165, 1.54) is 24.3 Å². The summed E-state index contributed by atoms with van der Waals surface area (Å²) in [5, 5.41) is 10.6. The van der Waals surface area contributed by atoms with Crippen LogP contribution in [-0.4, -0.2) is 29.3 Å². The summed E-state index contributed by atoms with van der Waals surface area (Å²) in [7, 11) is 0. The highest BCUT2D eigenvalue weighted by Gasteiger charge is 2.19. The number of nitrogens with zero attached hydrogens (tertiary/aromatic N) is 1. The van der Waals surface area contributed by atoms with E-state index in [1.807, 2.05) is 0 Å². The first-order chi connectivity index (χ1) is 12.8. The Morgan fingerprint density at radius 3 is 2.33 bits per heavy atom. The predicted octanol–water partition coefficient (Wildman–Crippen LogP) is 4.42. The van der Waals surface area contributed by atoms with Gasteiger partial charge in [0.25, 0.3) is 5.69 Å². The quantitative estimate of drug-likeness (QED) is 0.184. The number of unbranched alkanes of at least 4 members (excludes halogenated alkanes) is 2. The van der Waals surface area contributed by atoms with Gasteiger partial charge in [0.05, 0.1) is 4.92 Å². The van der Waals surface area contributed by atoms with Gasteiger partial charge in [0.15, 0.2) is 0 Å². The molecule has 8 nitrogen and oxygen atoms in total. The Morgan fingerprint density at radius 1 is 1.11 bits per heavy atom. The number of benzene rings is 1. The van der Waals surface area contributed by atoms with Crippen molar-refractivity contribution in [3.8, 4) is 5.75 Å². The van der Waals surface area contributed by atoms with Gasteiger partial charge in [-0.15, -0.1) is 0 Å². The van der Waals surface area contributed by atoms with Crippen LogP contribution >= 0.6 is 0 Å². The Hall–Kier alpha value is -2.64. The Labute approximate surface area is 158 Å². The Bertz CT molecular complexity index is 613. The standard InChI is InChI=1S/C19H25NO7/c1-4-5-6-7-16(12-13-18(21)25-14(2)3)26-19(22)27-17-10-8-15(9-11-17)20(23)24/h8-11,14,16H,2-7,12-13H2,1H3. The normalized spacial score (nSPS) is 11.7. The third kappa shape index (κ3) is 9.58. The van der Waals surface area contributed by atoms with E-state index in [1.54, 1.807) is 0 Å².